The van der Waals surface area contributed by atoms with Crippen LogP contribution in [0.2, 0.25) is 0 Å². The van der Waals surface area contributed by atoms with Crippen LogP contribution in [-0.4, -0.2) is 6.61 Å². The summed E-state index contributed by atoms with van der Waals surface area (Å²) in [6.45, 7) is 3.90. The van der Waals surface area contributed by atoms with Crippen molar-refractivity contribution in [2.45, 2.75) is 20.1 Å². The molecule has 2 nitrogen and oxygen atoms in total. The van der Waals surface area contributed by atoms with E-state index in [9.17, 15) is 4.39 Å². The quantitative estimate of drug-likeness (QED) is 0.822. The Hall–Kier alpha value is -1.39. The summed E-state index contributed by atoms with van der Waals surface area (Å²) < 4.78 is 19.1. The maximum Gasteiger partial charge on any atom is 0.137 e. The summed E-state index contributed by atoms with van der Waals surface area (Å²) in [5.41, 5.74) is 3.18. The molecule has 106 valence electrons. The second-order valence-electron chi connectivity index (χ2n) is 4.40. The number of ether oxygens (including phenoxy) is 1. The highest BCUT2D eigenvalue weighted by molar-refractivity contribution is 9.10. The number of hydrogen-bond donors (Lipinski definition) is 1. The van der Waals surface area contributed by atoms with Crippen LogP contribution < -0.4 is 5.32 Å². The SMILES string of the molecule is CCOCc1ccccc1NCc1ccc(F)c(Br)c1. The number of halogens is 2. The van der Waals surface area contributed by atoms with E-state index in [4.69, 9.17) is 4.74 Å². The number of hydrogen-bond acceptors (Lipinski definition) is 2. The van der Waals surface area contributed by atoms with Gasteiger partial charge in [-0.05, 0) is 46.6 Å². The minimum Gasteiger partial charge on any atom is -0.381 e. The molecule has 0 aliphatic rings. The van der Waals surface area contributed by atoms with Gasteiger partial charge in [-0.2, -0.15) is 0 Å². The Kier molecular flexibility index (Phi) is 5.56. The van der Waals surface area contributed by atoms with E-state index in [1.54, 1.807) is 12.1 Å². The van der Waals surface area contributed by atoms with Crippen LogP contribution >= 0.6 is 15.9 Å². The van der Waals surface area contributed by atoms with Gasteiger partial charge in [0.15, 0.2) is 0 Å². The van der Waals surface area contributed by atoms with Gasteiger partial charge in [0, 0.05) is 24.4 Å². The number of benzene rings is 2. The highest BCUT2D eigenvalue weighted by Crippen LogP contribution is 2.20. The van der Waals surface area contributed by atoms with Gasteiger partial charge in [0.1, 0.15) is 5.82 Å². The van der Waals surface area contributed by atoms with E-state index < -0.39 is 0 Å². The molecule has 1 N–H and O–H groups in total. The van der Waals surface area contributed by atoms with E-state index >= 15 is 0 Å². The van der Waals surface area contributed by atoms with Gasteiger partial charge >= 0.3 is 0 Å². The lowest BCUT2D eigenvalue weighted by atomic mass is 10.1. The van der Waals surface area contributed by atoms with Gasteiger partial charge in [0.25, 0.3) is 0 Å². The molecule has 0 atom stereocenters. The van der Waals surface area contributed by atoms with E-state index in [-0.39, 0.29) is 5.82 Å². The fraction of sp³-hybridized carbons (Fsp3) is 0.250. The van der Waals surface area contributed by atoms with E-state index in [0.29, 0.717) is 24.2 Å². The second kappa shape index (κ2) is 7.41. The van der Waals surface area contributed by atoms with Crippen molar-refractivity contribution in [2.75, 3.05) is 11.9 Å². The molecule has 0 amide bonds. The molecule has 0 heterocycles. The maximum atomic E-state index is 13.2. The van der Waals surface area contributed by atoms with E-state index in [1.165, 1.54) is 6.07 Å². The van der Waals surface area contributed by atoms with Gasteiger partial charge in [0.2, 0.25) is 0 Å². The molecule has 0 aliphatic carbocycles. The monoisotopic (exact) mass is 337 g/mol. The molecule has 0 aliphatic heterocycles. The fourth-order valence-corrected chi connectivity index (χ4v) is 2.30. The molecule has 0 fully saturated rings. The van der Waals surface area contributed by atoms with Crippen LogP contribution in [-0.2, 0) is 17.9 Å². The van der Waals surface area contributed by atoms with Crippen molar-refractivity contribution < 1.29 is 9.13 Å². The Labute approximate surface area is 127 Å². The van der Waals surface area contributed by atoms with Crippen molar-refractivity contribution in [1.82, 2.24) is 0 Å². The first kappa shape index (κ1) is 15.0. The molecule has 2 aromatic rings. The molecule has 0 spiro atoms. The third-order valence-corrected chi connectivity index (χ3v) is 3.55. The summed E-state index contributed by atoms with van der Waals surface area (Å²) in [7, 11) is 0. The van der Waals surface area contributed by atoms with Crippen molar-refractivity contribution in [1.29, 1.82) is 0 Å². The molecular weight excluding hydrogens is 321 g/mol. The van der Waals surface area contributed by atoms with Crippen LogP contribution in [0.3, 0.4) is 0 Å². The summed E-state index contributed by atoms with van der Waals surface area (Å²) in [6.07, 6.45) is 0. The third-order valence-electron chi connectivity index (χ3n) is 2.95. The lowest BCUT2D eigenvalue weighted by molar-refractivity contribution is 0.134. The minimum atomic E-state index is -0.245. The van der Waals surface area contributed by atoms with Gasteiger partial charge in [-0.25, -0.2) is 4.39 Å². The van der Waals surface area contributed by atoms with E-state index in [2.05, 4.69) is 21.2 Å². The van der Waals surface area contributed by atoms with Gasteiger partial charge < -0.3 is 10.1 Å². The first-order valence-electron chi connectivity index (χ1n) is 6.54. The smallest absolute Gasteiger partial charge is 0.137 e. The number of nitrogens with one attached hydrogen (secondary N) is 1. The Morgan fingerprint density at radius 1 is 1.20 bits per heavy atom. The zero-order valence-corrected chi connectivity index (χ0v) is 12.9. The van der Waals surface area contributed by atoms with Crippen LogP contribution in [0.4, 0.5) is 10.1 Å². The minimum absolute atomic E-state index is 0.245. The normalized spacial score (nSPS) is 10.6. The van der Waals surface area contributed by atoms with Crippen LogP contribution in [0.1, 0.15) is 18.1 Å². The number of rotatable bonds is 6. The molecule has 2 rings (SSSR count). The molecule has 0 radical (unpaired) electrons. The van der Waals surface area contributed by atoms with Gasteiger partial charge in [-0.15, -0.1) is 0 Å². The van der Waals surface area contributed by atoms with E-state index in [0.717, 1.165) is 16.8 Å². The van der Waals surface area contributed by atoms with Gasteiger partial charge in [-0.1, -0.05) is 24.3 Å². The van der Waals surface area contributed by atoms with Gasteiger partial charge in [0.05, 0.1) is 11.1 Å². The van der Waals surface area contributed by atoms with Crippen molar-refractivity contribution in [3.05, 3.63) is 63.9 Å². The molecule has 0 unspecified atom stereocenters. The first-order valence-corrected chi connectivity index (χ1v) is 7.33. The van der Waals surface area contributed by atoms with Crippen molar-refractivity contribution >= 4 is 21.6 Å². The topological polar surface area (TPSA) is 21.3 Å². The van der Waals surface area contributed by atoms with E-state index in [1.807, 2.05) is 31.2 Å². The lowest BCUT2D eigenvalue weighted by Gasteiger charge is -2.12. The Morgan fingerprint density at radius 3 is 2.75 bits per heavy atom. The summed E-state index contributed by atoms with van der Waals surface area (Å²) >= 11 is 3.20. The predicted octanol–water partition coefficient (Wildman–Crippen LogP) is 4.74. The Morgan fingerprint density at radius 2 is 2.00 bits per heavy atom. The van der Waals surface area contributed by atoms with Crippen LogP contribution in [0, 0.1) is 5.82 Å². The Balaban J connectivity index is 2.04. The molecule has 0 saturated heterocycles. The van der Waals surface area contributed by atoms with Crippen LogP contribution in [0.15, 0.2) is 46.9 Å². The van der Waals surface area contributed by atoms with Crippen molar-refractivity contribution in [3.63, 3.8) is 0 Å². The summed E-state index contributed by atoms with van der Waals surface area (Å²) in [5, 5.41) is 3.36. The van der Waals surface area contributed by atoms with Crippen molar-refractivity contribution in [3.8, 4) is 0 Å². The molecule has 20 heavy (non-hydrogen) atoms. The lowest BCUT2D eigenvalue weighted by Crippen LogP contribution is -2.04. The fourth-order valence-electron chi connectivity index (χ4n) is 1.88. The zero-order valence-electron chi connectivity index (χ0n) is 11.3. The van der Waals surface area contributed by atoms with Gasteiger partial charge in [-0.3, -0.25) is 0 Å². The molecule has 4 heteroatoms. The molecule has 0 saturated carbocycles. The first-order chi connectivity index (χ1) is 9.70. The summed E-state index contributed by atoms with van der Waals surface area (Å²) in [6, 6.07) is 13.1. The zero-order chi connectivity index (χ0) is 14.4. The molecule has 2 aromatic carbocycles. The average Bonchev–Trinajstić information content (AvgIpc) is 2.47. The van der Waals surface area contributed by atoms with Crippen LogP contribution in [0.25, 0.3) is 0 Å². The standard InChI is InChI=1S/C16H17BrFNO/c1-2-20-11-13-5-3-4-6-16(13)19-10-12-7-8-15(18)14(17)9-12/h3-9,19H,2,10-11H2,1H3. The number of anilines is 1. The third kappa shape index (κ3) is 4.05. The highest BCUT2D eigenvalue weighted by Gasteiger charge is 2.03. The molecule has 0 aromatic heterocycles. The largest absolute Gasteiger partial charge is 0.381 e. The number of para-hydroxylation sites is 1. The summed E-state index contributed by atoms with van der Waals surface area (Å²) in [4.78, 5) is 0. The highest BCUT2D eigenvalue weighted by atomic mass is 79.9. The summed E-state index contributed by atoms with van der Waals surface area (Å²) in [5.74, 6) is -0.245. The Bertz CT molecular complexity index is 574. The predicted molar refractivity (Wildman–Crippen MR) is 83.2 cm³/mol. The molecule has 0 bridgehead atoms. The van der Waals surface area contributed by atoms with Crippen LogP contribution in [0.5, 0.6) is 0 Å². The molecular formula is C16H17BrFNO. The average molecular weight is 338 g/mol. The maximum absolute atomic E-state index is 13.2. The second-order valence-corrected chi connectivity index (χ2v) is 5.25. The van der Waals surface area contributed by atoms with Crippen molar-refractivity contribution in [2.24, 2.45) is 0 Å².